The number of carbonyl (C=O) groups excluding carboxylic acids is 1. The van der Waals surface area contributed by atoms with Gasteiger partial charge in [-0.1, -0.05) is 54.1 Å². The summed E-state index contributed by atoms with van der Waals surface area (Å²) < 4.78 is 0. The van der Waals surface area contributed by atoms with E-state index >= 15 is 0 Å². The van der Waals surface area contributed by atoms with Crippen molar-refractivity contribution in [1.29, 1.82) is 0 Å². The SMILES string of the molecule is C=C(C)CN(Cc1ccccc1)c1cc(Cl)ccc1C=O. The van der Waals surface area contributed by atoms with Crippen LogP contribution in [0.3, 0.4) is 0 Å². The van der Waals surface area contributed by atoms with E-state index in [1.807, 2.05) is 31.2 Å². The zero-order chi connectivity index (χ0) is 15.2. The molecule has 0 amide bonds. The summed E-state index contributed by atoms with van der Waals surface area (Å²) in [6.45, 7) is 7.33. The van der Waals surface area contributed by atoms with Crippen LogP contribution >= 0.6 is 11.6 Å². The largest absolute Gasteiger partial charge is 0.363 e. The maximum Gasteiger partial charge on any atom is 0.152 e. The molecule has 0 radical (unpaired) electrons. The van der Waals surface area contributed by atoms with Crippen molar-refractivity contribution >= 4 is 23.6 Å². The van der Waals surface area contributed by atoms with Crippen LogP contribution in [0.25, 0.3) is 0 Å². The van der Waals surface area contributed by atoms with Crippen LogP contribution in [-0.2, 0) is 6.54 Å². The molecule has 0 aliphatic rings. The lowest BCUT2D eigenvalue weighted by Crippen LogP contribution is -2.25. The van der Waals surface area contributed by atoms with E-state index < -0.39 is 0 Å². The van der Waals surface area contributed by atoms with Crippen molar-refractivity contribution < 1.29 is 4.79 Å². The zero-order valence-electron chi connectivity index (χ0n) is 12.1. The highest BCUT2D eigenvalue weighted by Crippen LogP contribution is 2.26. The second-order valence-electron chi connectivity index (χ2n) is 5.12. The molecule has 0 aromatic heterocycles. The Kier molecular flexibility index (Phi) is 5.18. The smallest absolute Gasteiger partial charge is 0.152 e. The lowest BCUT2D eigenvalue weighted by atomic mass is 10.1. The molecule has 0 fully saturated rings. The monoisotopic (exact) mass is 299 g/mol. The molecule has 0 atom stereocenters. The van der Waals surface area contributed by atoms with E-state index in [2.05, 4.69) is 23.6 Å². The molecule has 2 nitrogen and oxygen atoms in total. The van der Waals surface area contributed by atoms with Crippen LogP contribution in [-0.4, -0.2) is 12.8 Å². The van der Waals surface area contributed by atoms with E-state index in [0.717, 1.165) is 17.5 Å². The Balaban J connectivity index is 2.38. The Hall–Kier alpha value is -2.06. The number of aldehydes is 1. The molecule has 0 bridgehead atoms. The second-order valence-corrected chi connectivity index (χ2v) is 5.56. The van der Waals surface area contributed by atoms with Crippen LogP contribution in [0.1, 0.15) is 22.8 Å². The summed E-state index contributed by atoms with van der Waals surface area (Å²) in [4.78, 5) is 13.4. The Morgan fingerprint density at radius 1 is 1.24 bits per heavy atom. The van der Waals surface area contributed by atoms with Gasteiger partial charge in [-0.15, -0.1) is 0 Å². The third-order valence-corrected chi connectivity index (χ3v) is 3.37. The molecule has 0 saturated heterocycles. The number of benzene rings is 2. The van der Waals surface area contributed by atoms with Crippen LogP contribution in [0.2, 0.25) is 5.02 Å². The first-order valence-corrected chi connectivity index (χ1v) is 7.16. The summed E-state index contributed by atoms with van der Waals surface area (Å²) in [5.74, 6) is 0. The molecule has 3 heteroatoms. The predicted octanol–water partition coefficient (Wildman–Crippen LogP) is 4.74. The molecule has 21 heavy (non-hydrogen) atoms. The number of rotatable bonds is 6. The Bertz CT molecular complexity index is 637. The lowest BCUT2D eigenvalue weighted by Gasteiger charge is -2.26. The second kappa shape index (κ2) is 7.09. The molecule has 0 saturated carbocycles. The minimum absolute atomic E-state index is 0.621. The van der Waals surface area contributed by atoms with E-state index in [1.54, 1.807) is 12.1 Å². The van der Waals surface area contributed by atoms with Gasteiger partial charge in [-0.25, -0.2) is 0 Å². The van der Waals surface area contributed by atoms with Gasteiger partial charge in [0.1, 0.15) is 0 Å². The molecule has 2 aromatic rings. The van der Waals surface area contributed by atoms with Crippen molar-refractivity contribution in [3.63, 3.8) is 0 Å². The van der Waals surface area contributed by atoms with Gasteiger partial charge in [-0.3, -0.25) is 4.79 Å². The number of halogens is 1. The first-order chi connectivity index (χ1) is 10.1. The van der Waals surface area contributed by atoms with Crippen molar-refractivity contribution in [2.45, 2.75) is 13.5 Å². The average molecular weight is 300 g/mol. The summed E-state index contributed by atoms with van der Waals surface area (Å²) in [7, 11) is 0. The van der Waals surface area contributed by atoms with Crippen molar-refractivity contribution in [2.75, 3.05) is 11.4 Å². The fourth-order valence-corrected chi connectivity index (χ4v) is 2.41. The molecular formula is C18H18ClNO. The van der Waals surface area contributed by atoms with Gasteiger partial charge in [0.25, 0.3) is 0 Å². The van der Waals surface area contributed by atoms with E-state index in [9.17, 15) is 4.79 Å². The number of anilines is 1. The van der Waals surface area contributed by atoms with Crippen LogP contribution in [0.5, 0.6) is 0 Å². The van der Waals surface area contributed by atoms with E-state index in [-0.39, 0.29) is 0 Å². The van der Waals surface area contributed by atoms with Crippen molar-refractivity contribution in [3.8, 4) is 0 Å². The maximum atomic E-state index is 11.3. The molecule has 0 spiro atoms. The van der Waals surface area contributed by atoms with Gasteiger partial charge in [0.05, 0.1) is 0 Å². The van der Waals surface area contributed by atoms with Crippen LogP contribution in [0.4, 0.5) is 5.69 Å². The fourth-order valence-electron chi connectivity index (χ4n) is 2.25. The number of hydrogen-bond acceptors (Lipinski definition) is 2. The standard InChI is InChI=1S/C18H18ClNO/c1-14(2)11-20(12-15-6-4-3-5-7-15)18-10-17(19)9-8-16(18)13-21/h3-10,13H,1,11-12H2,2H3. The van der Waals surface area contributed by atoms with Gasteiger partial charge < -0.3 is 4.90 Å². The first kappa shape index (κ1) is 15.3. The first-order valence-electron chi connectivity index (χ1n) is 6.78. The Morgan fingerprint density at radius 2 is 1.95 bits per heavy atom. The quantitative estimate of drug-likeness (QED) is 0.567. The van der Waals surface area contributed by atoms with Gasteiger partial charge in [0.2, 0.25) is 0 Å². The summed E-state index contributed by atoms with van der Waals surface area (Å²) in [6, 6.07) is 15.4. The van der Waals surface area contributed by atoms with Crippen molar-refractivity contribution in [2.24, 2.45) is 0 Å². The van der Waals surface area contributed by atoms with E-state index in [1.165, 1.54) is 5.56 Å². The summed E-state index contributed by atoms with van der Waals surface area (Å²) in [5.41, 5.74) is 3.68. The molecule has 2 aromatic carbocycles. The number of carbonyl (C=O) groups is 1. The van der Waals surface area contributed by atoms with Crippen LogP contribution in [0.15, 0.2) is 60.7 Å². The highest BCUT2D eigenvalue weighted by Gasteiger charge is 2.12. The highest BCUT2D eigenvalue weighted by molar-refractivity contribution is 6.31. The van der Waals surface area contributed by atoms with Gasteiger partial charge in [-0.2, -0.15) is 0 Å². The van der Waals surface area contributed by atoms with Crippen LogP contribution in [0, 0.1) is 0 Å². The molecule has 0 N–H and O–H groups in total. The molecule has 0 aliphatic heterocycles. The molecule has 108 valence electrons. The van der Waals surface area contributed by atoms with Gasteiger partial charge >= 0.3 is 0 Å². The van der Waals surface area contributed by atoms with Crippen LogP contribution < -0.4 is 4.90 Å². The summed E-state index contributed by atoms with van der Waals surface area (Å²) >= 11 is 6.09. The summed E-state index contributed by atoms with van der Waals surface area (Å²) in [5, 5.41) is 0.621. The zero-order valence-corrected chi connectivity index (χ0v) is 12.8. The highest BCUT2D eigenvalue weighted by atomic mass is 35.5. The Morgan fingerprint density at radius 3 is 2.57 bits per heavy atom. The van der Waals surface area contributed by atoms with E-state index in [0.29, 0.717) is 23.7 Å². The number of nitrogens with zero attached hydrogens (tertiary/aromatic N) is 1. The third kappa shape index (κ3) is 4.20. The minimum atomic E-state index is 0.621. The molecule has 0 heterocycles. The predicted molar refractivity (Wildman–Crippen MR) is 89.1 cm³/mol. The van der Waals surface area contributed by atoms with Gasteiger partial charge in [0.15, 0.2) is 6.29 Å². The fraction of sp³-hybridized carbons (Fsp3) is 0.167. The topological polar surface area (TPSA) is 20.3 Å². The molecule has 0 unspecified atom stereocenters. The minimum Gasteiger partial charge on any atom is -0.363 e. The average Bonchev–Trinajstić information content (AvgIpc) is 2.47. The molecule has 0 aliphatic carbocycles. The lowest BCUT2D eigenvalue weighted by molar-refractivity contribution is 0.112. The maximum absolute atomic E-state index is 11.3. The van der Waals surface area contributed by atoms with Crippen molar-refractivity contribution in [1.82, 2.24) is 0 Å². The third-order valence-electron chi connectivity index (χ3n) is 3.14. The van der Waals surface area contributed by atoms with E-state index in [4.69, 9.17) is 11.6 Å². The Labute approximate surface area is 130 Å². The van der Waals surface area contributed by atoms with Gasteiger partial charge in [0, 0.05) is 29.4 Å². The molecular weight excluding hydrogens is 282 g/mol. The molecule has 2 rings (SSSR count). The normalized spacial score (nSPS) is 10.2. The number of hydrogen-bond donors (Lipinski definition) is 0. The van der Waals surface area contributed by atoms with Crippen molar-refractivity contribution in [3.05, 3.63) is 76.8 Å². The summed E-state index contributed by atoms with van der Waals surface area (Å²) in [6.07, 6.45) is 0.863. The van der Waals surface area contributed by atoms with Gasteiger partial charge in [-0.05, 0) is 30.7 Å².